The van der Waals surface area contributed by atoms with Crippen LogP contribution in [0.15, 0.2) is 42.5 Å². The predicted molar refractivity (Wildman–Crippen MR) is 86.6 cm³/mol. The lowest BCUT2D eigenvalue weighted by atomic mass is 10.2. The zero-order valence-electron chi connectivity index (χ0n) is 12.1. The van der Waals surface area contributed by atoms with Crippen LogP contribution in [0.2, 0.25) is 5.02 Å². The van der Waals surface area contributed by atoms with E-state index in [0.29, 0.717) is 16.3 Å². The summed E-state index contributed by atoms with van der Waals surface area (Å²) in [5, 5.41) is 0.318. The third kappa shape index (κ3) is 4.05. The maximum absolute atomic E-state index is 12.2. The minimum atomic E-state index is -3.71. The van der Waals surface area contributed by atoms with Crippen molar-refractivity contribution in [1.82, 2.24) is 0 Å². The zero-order chi connectivity index (χ0) is 16.2. The lowest BCUT2D eigenvalue weighted by molar-refractivity contribution is 0.405. The van der Waals surface area contributed by atoms with Crippen LogP contribution in [0.5, 0.6) is 11.5 Å². The third-order valence-electron chi connectivity index (χ3n) is 2.88. The fourth-order valence-electron chi connectivity index (χ4n) is 1.88. The SMILES string of the molecule is COc1cc([N-]S(=O)(=O)Cc2ccccc2)c(OC)cc1Cl. The van der Waals surface area contributed by atoms with Crippen molar-refractivity contribution in [3.8, 4) is 11.5 Å². The smallest absolute Gasteiger partial charge is 0.136 e. The summed E-state index contributed by atoms with van der Waals surface area (Å²) in [5.74, 6) is 0.403. The normalized spacial score (nSPS) is 11.0. The third-order valence-corrected chi connectivity index (χ3v) is 4.35. The first-order valence-electron chi connectivity index (χ1n) is 6.36. The molecule has 22 heavy (non-hydrogen) atoms. The van der Waals surface area contributed by atoms with Crippen LogP contribution in [0, 0.1) is 0 Å². The first-order chi connectivity index (χ1) is 10.4. The summed E-state index contributed by atoms with van der Waals surface area (Å²) in [6.07, 6.45) is 0. The fraction of sp³-hybridized carbons (Fsp3) is 0.200. The molecule has 0 fully saturated rings. The highest BCUT2D eigenvalue weighted by atomic mass is 35.5. The number of sulfonamides is 1. The molecule has 0 heterocycles. The van der Waals surface area contributed by atoms with Crippen LogP contribution >= 0.6 is 11.6 Å². The highest BCUT2D eigenvalue weighted by Crippen LogP contribution is 2.41. The van der Waals surface area contributed by atoms with Crippen LogP contribution in [0.1, 0.15) is 5.56 Å². The second-order valence-corrected chi connectivity index (χ2v) is 6.50. The molecule has 0 aliphatic carbocycles. The van der Waals surface area contributed by atoms with Crippen molar-refractivity contribution in [3.63, 3.8) is 0 Å². The second kappa shape index (κ2) is 6.89. The zero-order valence-corrected chi connectivity index (χ0v) is 13.7. The Kier molecular flexibility index (Phi) is 5.15. The molecule has 0 unspecified atom stereocenters. The monoisotopic (exact) mass is 340 g/mol. The van der Waals surface area contributed by atoms with Crippen LogP contribution < -0.4 is 9.47 Å². The maximum atomic E-state index is 12.2. The molecule has 0 N–H and O–H groups in total. The van der Waals surface area contributed by atoms with E-state index in [-0.39, 0.29) is 17.2 Å². The van der Waals surface area contributed by atoms with Gasteiger partial charge >= 0.3 is 0 Å². The van der Waals surface area contributed by atoms with Crippen LogP contribution in [0.4, 0.5) is 5.69 Å². The number of nitrogens with zero attached hydrogens (tertiary/aromatic N) is 1. The maximum Gasteiger partial charge on any atom is 0.136 e. The summed E-state index contributed by atoms with van der Waals surface area (Å²) in [5.41, 5.74) is 0.811. The van der Waals surface area contributed by atoms with Crippen LogP contribution in [-0.4, -0.2) is 22.6 Å². The van der Waals surface area contributed by atoms with Crippen molar-refractivity contribution in [1.29, 1.82) is 0 Å². The van der Waals surface area contributed by atoms with Gasteiger partial charge in [0, 0.05) is 6.07 Å². The van der Waals surface area contributed by atoms with E-state index in [0.717, 1.165) is 0 Å². The highest BCUT2D eigenvalue weighted by Gasteiger charge is 2.08. The molecular weight excluding hydrogens is 326 g/mol. The standard InChI is InChI=1S/C15H15ClNO4S/c1-20-14-9-13(15(21-2)8-12(14)16)17-22(18,19)10-11-6-4-3-5-7-11/h3-9H,10H2,1-2H3/q-1. The van der Waals surface area contributed by atoms with Crippen molar-refractivity contribution in [2.24, 2.45) is 0 Å². The largest absolute Gasteiger partial charge is 0.573 e. The lowest BCUT2D eigenvalue weighted by Gasteiger charge is -2.25. The average molecular weight is 341 g/mol. The van der Waals surface area contributed by atoms with Gasteiger partial charge in [0.05, 0.1) is 35.0 Å². The molecule has 0 saturated carbocycles. The Balaban J connectivity index is 2.29. The molecule has 7 heteroatoms. The van der Waals surface area contributed by atoms with Crippen molar-refractivity contribution in [3.05, 3.63) is 57.8 Å². The van der Waals surface area contributed by atoms with Gasteiger partial charge in [-0.3, -0.25) is 0 Å². The molecule has 0 spiro atoms. The molecule has 0 aliphatic heterocycles. The molecular formula is C15H15ClNO4S-. The number of rotatable bonds is 6. The molecule has 2 aromatic rings. The van der Waals surface area contributed by atoms with Crippen LogP contribution in [0.25, 0.3) is 4.72 Å². The Hall–Kier alpha value is -1.92. The summed E-state index contributed by atoms with van der Waals surface area (Å²) < 4.78 is 38.5. The minimum absolute atomic E-state index is 0.152. The predicted octanol–water partition coefficient (Wildman–Crippen LogP) is 3.89. The number of ether oxygens (including phenoxy) is 2. The molecule has 0 aliphatic rings. The van der Waals surface area contributed by atoms with Crippen molar-refractivity contribution in [2.75, 3.05) is 14.2 Å². The van der Waals surface area contributed by atoms with Gasteiger partial charge in [-0.2, -0.15) is 0 Å². The van der Waals surface area contributed by atoms with E-state index >= 15 is 0 Å². The summed E-state index contributed by atoms with van der Waals surface area (Å²) in [4.78, 5) is 0. The van der Waals surface area contributed by atoms with E-state index in [1.54, 1.807) is 24.3 Å². The second-order valence-electron chi connectivity index (χ2n) is 4.46. The van der Waals surface area contributed by atoms with Gasteiger partial charge in [0.25, 0.3) is 0 Å². The first kappa shape index (κ1) is 16.5. The van der Waals surface area contributed by atoms with Gasteiger partial charge in [-0.05, 0) is 11.6 Å². The Labute approximate surface area is 134 Å². The quantitative estimate of drug-likeness (QED) is 0.800. The molecule has 2 aromatic carbocycles. The van der Waals surface area contributed by atoms with E-state index in [9.17, 15) is 8.42 Å². The molecule has 118 valence electrons. The van der Waals surface area contributed by atoms with Crippen LogP contribution in [0.3, 0.4) is 0 Å². The summed E-state index contributed by atoms with van der Waals surface area (Å²) in [6.45, 7) is 0. The van der Waals surface area contributed by atoms with Gasteiger partial charge in [-0.15, -0.1) is 0 Å². The molecule has 0 radical (unpaired) electrons. The van der Waals surface area contributed by atoms with Gasteiger partial charge in [0.15, 0.2) is 0 Å². The summed E-state index contributed by atoms with van der Waals surface area (Å²) in [7, 11) is -0.854. The Bertz CT molecular complexity index is 748. The van der Waals surface area contributed by atoms with Gasteiger partial charge in [-0.25, -0.2) is 8.42 Å². The number of hydrogen-bond acceptors (Lipinski definition) is 4. The van der Waals surface area contributed by atoms with E-state index in [1.807, 2.05) is 6.07 Å². The minimum Gasteiger partial charge on any atom is -0.573 e. The molecule has 2 rings (SSSR count). The number of halogens is 1. The van der Waals surface area contributed by atoms with E-state index in [1.165, 1.54) is 26.4 Å². The molecule has 0 bridgehead atoms. The van der Waals surface area contributed by atoms with Crippen molar-refractivity contribution >= 4 is 27.3 Å². The molecule has 0 atom stereocenters. The van der Waals surface area contributed by atoms with Crippen molar-refractivity contribution < 1.29 is 17.9 Å². The van der Waals surface area contributed by atoms with E-state index in [2.05, 4.69) is 4.72 Å². The lowest BCUT2D eigenvalue weighted by Crippen LogP contribution is -2.02. The van der Waals surface area contributed by atoms with Crippen LogP contribution in [-0.2, 0) is 15.8 Å². The number of hydrogen-bond donors (Lipinski definition) is 0. The van der Waals surface area contributed by atoms with Gasteiger partial charge < -0.3 is 14.2 Å². The number of methoxy groups -OCH3 is 2. The molecule has 0 saturated heterocycles. The highest BCUT2D eigenvalue weighted by molar-refractivity contribution is 7.93. The fourth-order valence-corrected chi connectivity index (χ4v) is 3.23. The molecule has 5 nitrogen and oxygen atoms in total. The van der Waals surface area contributed by atoms with Gasteiger partial charge in [0.2, 0.25) is 0 Å². The summed E-state index contributed by atoms with van der Waals surface area (Å²) in [6, 6.07) is 11.7. The van der Waals surface area contributed by atoms with Gasteiger partial charge in [-0.1, -0.05) is 47.6 Å². The Morgan fingerprint density at radius 2 is 1.68 bits per heavy atom. The topological polar surface area (TPSA) is 66.7 Å². The molecule has 0 amide bonds. The summed E-state index contributed by atoms with van der Waals surface area (Å²) >= 11 is 5.99. The van der Waals surface area contributed by atoms with E-state index < -0.39 is 10.0 Å². The molecule has 0 aromatic heterocycles. The van der Waals surface area contributed by atoms with Gasteiger partial charge in [0.1, 0.15) is 11.5 Å². The van der Waals surface area contributed by atoms with E-state index in [4.69, 9.17) is 21.1 Å². The Morgan fingerprint density at radius 1 is 1.05 bits per heavy atom. The Morgan fingerprint density at radius 3 is 2.27 bits per heavy atom. The first-order valence-corrected chi connectivity index (χ1v) is 8.35. The average Bonchev–Trinajstić information content (AvgIpc) is 2.48. The number of benzene rings is 2. The van der Waals surface area contributed by atoms with Crippen molar-refractivity contribution in [2.45, 2.75) is 5.75 Å².